The lowest BCUT2D eigenvalue weighted by atomic mass is 10.2. The number of amides is 2. The Hall–Kier alpha value is -1.86. The molecule has 140 valence electrons. The predicted molar refractivity (Wildman–Crippen MR) is 85.0 cm³/mol. The van der Waals surface area contributed by atoms with Crippen LogP contribution in [0.4, 0.5) is 14.0 Å². The van der Waals surface area contributed by atoms with Crippen LogP contribution in [0, 0.1) is 0 Å². The Bertz CT molecular complexity index is 456. The Labute approximate surface area is 142 Å². The number of hydrogen-bond donors (Lipinski definition) is 0. The van der Waals surface area contributed by atoms with E-state index >= 15 is 0 Å². The van der Waals surface area contributed by atoms with Crippen molar-refractivity contribution in [2.45, 2.75) is 85.4 Å². The Morgan fingerprint density at radius 3 is 1.25 bits per heavy atom. The van der Waals surface area contributed by atoms with E-state index in [1.807, 2.05) is 0 Å². The minimum absolute atomic E-state index is 0.0232. The average Bonchev–Trinajstić information content (AvgIpc) is 2.20. The van der Waals surface area contributed by atoms with Crippen molar-refractivity contribution in [2.75, 3.05) is 0 Å². The summed E-state index contributed by atoms with van der Waals surface area (Å²) < 4.78 is 29.3. The summed E-state index contributed by atoms with van der Waals surface area (Å²) in [6, 6.07) is 0. The van der Waals surface area contributed by atoms with Crippen molar-refractivity contribution in [1.82, 2.24) is 4.90 Å². The quantitative estimate of drug-likeness (QED) is 0.428. The van der Waals surface area contributed by atoms with Crippen molar-refractivity contribution >= 4 is 18.2 Å². The molecule has 1 atom stereocenters. The van der Waals surface area contributed by atoms with Gasteiger partial charge in [-0.05, 0) is 62.3 Å². The SMILES string of the molecule is CC(C)(C)OC(=O)C(F)N(C(=O)OC(C)(C)C)C(=O)OC(C)(C)C. The number of rotatable bonds is 2. The van der Waals surface area contributed by atoms with Gasteiger partial charge in [-0.1, -0.05) is 0 Å². The maximum atomic E-state index is 14.5. The molecule has 0 aliphatic rings. The van der Waals surface area contributed by atoms with Crippen molar-refractivity contribution in [3.05, 3.63) is 0 Å². The first-order valence-electron chi connectivity index (χ1n) is 7.55. The van der Waals surface area contributed by atoms with Crippen LogP contribution in [-0.4, -0.2) is 46.2 Å². The Morgan fingerprint density at radius 2 is 1.00 bits per heavy atom. The third-order valence-electron chi connectivity index (χ3n) is 2.01. The Morgan fingerprint density at radius 1 is 0.708 bits per heavy atom. The number of ether oxygens (including phenoxy) is 3. The summed E-state index contributed by atoms with van der Waals surface area (Å²) in [6.45, 7) is 13.8. The topological polar surface area (TPSA) is 82.1 Å². The average molecular weight is 349 g/mol. The Balaban J connectivity index is 5.49. The van der Waals surface area contributed by atoms with E-state index in [1.54, 1.807) is 41.5 Å². The van der Waals surface area contributed by atoms with Crippen LogP contribution in [0.5, 0.6) is 0 Å². The van der Waals surface area contributed by atoms with Gasteiger partial charge in [0.05, 0.1) is 0 Å². The van der Waals surface area contributed by atoms with E-state index in [2.05, 4.69) is 0 Å². The molecule has 24 heavy (non-hydrogen) atoms. The van der Waals surface area contributed by atoms with Crippen LogP contribution in [0.15, 0.2) is 0 Å². The number of carbonyl (C=O) groups excluding carboxylic acids is 3. The molecule has 0 fully saturated rings. The molecule has 0 aromatic carbocycles. The zero-order valence-corrected chi connectivity index (χ0v) is 15.9. The van der Waals surface area contributed by atoms with Gasteiger partial charge in [0.25, 0.3) is 6.30 Å². The molecular weight excluding hydrogens is 321 g/mol. The van der Waals surface area contributed by atoms with Gasteiger partial charge < -0.3 is 14.2 Å². The van der Waals surface area contributed by atoms with Crippen molar-refractivity contribution in [3.8, 4) is 0 Å². The maximum Gasteiger partial charge on any atom is 0.422 e. The van der Waals surface area contributed by atoms with Crippen molar-refractivity contribution < 1.29 is 33.0 Å². The number of alkyl halides is 1. The van der Waals surface area contributed by atoms with Crippen molar-refractivity contribution in [2.24, 2.45) is 0 Å². The zero-order chi connectivity index (χ0) is 19.5. The number of halogens is 1. The van der Waals surface area contributed by atoms with Crippen molar-refractivity contribution in [1.29, 1.82) is 0 Å². The van der Waals surface area contributed by atoms with Gasteiger partial charge in [-0.25, -0.2) is 18.8 Å². The third kappa shape index (κ3) is 8.69. The molecule has 0 saturated carbocycles. The van der Waals surface area contributed by atoms with E-state index < -0.39 is 41.3 Å². The Kier molecular flexibility index (Phi) is 6.79. The second-order valence-corrected chi connectivity index (χ2v) is 8.20. The highest BCUT2D eigenvalue weighted by Gasteiger charge is 2.42. The van der Waals surface area contributed by atoms with Crippen LogP contribution in [0.3, 0.4) is 0 Å². The fourth-order valence-corrected chi connectivity index (χ4v) is 1.34. The number of esters is 1. The van der Waals surface area contributed by atoms with Gasteiger partial charge in [0.2, 0.25) is 0 Å². The molecule has 8 heteroatoms. The lowest BCUT2D eigenvalue weighted by Crippen LogP contribution is -2.51. The second kappa shape index (κ2) is 7.36. The summed E-state index contributed by atoms with van der Waals surface area (Å²) in [5.41, 5.74) is -2.98. The van der Waals surface area contributed by atoms with Gasteiger partial charge in [0.15, 0.2) is 0 Å². The van der Waals surface area contributed by atoms with Crippen LogP contribution in [-0.2, 0) is 19.0 Å². The molecule has 2 amide bonds. The first-order chi connectivity index (χ1) is 10.4. The third-order valence-corrected chi connectivity index (χ3v) is 2.01. The highest BCUT2D eigenvalue weighted by atomic mass is 19.1. The number of carbonyl (C=O) groups is 3. The van der Waals surface area contributed by atoms with Crippen LogP contribution in [0.25, 0.3) is 0 Å². The molecule has 7 nitrogen and oxygen atoms in total. The second-order valence-electron chi connectivity index (χ2n) is 8.20. The molecular formula is C16H28FNO6. The van der Waals surface area contributed by atoms with Gasteiger partial charge >= 0.3 is 18.2 Å². The van der Waals surface area contributed by atoms with E-state index in [0.29, 0.717) is 0 Å². The molecule has 0 aliphatic carbocycles. The molecule has 0 radical (unpaired) electrons. The standard InChI is InChI=1S/C16H28FNO6/c1-14(2,3)22-11(19)10(17)18(12(20)23-15(4,5)6)13(21)24-16(7,8)9/h10H,1-9H3. The highest BCUT2D eigenvalue weighted by molar-refractivity contribution is 5.93. The van der Waals surface area contributed by atoms with Crippen LogP contribution in [0.2, 0.25) is 0 Å². The molecule has 0 bridgehead atoms. The minimum atomic E-state index is -2.69. The molecule has 0 heterocycles. The largest absolute Gasteiger partial charge is 0.456 e. The first-order valence-corrected chi connectivity index (χ1v) is 7.55. The van der Waals surface area contributed by atoms with Gasteiger partial charge in [-0.2, -0.15) is 4.90 Å². The summed E-state index contributed by atoms with van der Waals surface area (Å²) in [5.74, 6) is -1.39. The lowest BCUT2D eigenvalue weighted by Gasteiger charge is -2.30. The molecule has 0 aromatic rings. The number of imide groups is 1. The molecule has 0 aromatic heterocycles. The van der Waals surface area contributed by atoms with Gasteiger partial charge in [0.1, 0.15) is 16.8 Å². The minimum Gasteiger partial charge on any atom is -0.456 e. The molecule has 0 spiro atoms. The molecule has 0 rings (SSSR count). The summed E-state index contributed by atoms with van der Waals surface area (Å²) in [4.78, 5) is 36.2. The summed E-state index contributed by atoms with van der Waals surface area (Å²) in [6.07, 6.45) is -5.36. The van der Waals surface area contributed by atoms with E-state index in [0.717, 1.165) is 0 Å². The summed E-state index contributed by atoms with van der Waals surface area (Å²) in [7, 11) is 0. The maximum absolute atomic E-state index is 14.5. The fraction of sp³-hybridized carbons (Fsp3) is 0.812. The van der Waals surface area contributed by atoms with E-state index in [-0.39, 0.29) is 4.90 Å². The van der Waals surface area contributed by atoms with Gasteiger partial charge in [0, 0.05) is 0 Å². The van der Waals surface area contributed by atoms with Crippen LogP contribution < -0.4 is 0 Å². The molecule has 0 N–H and O–H groups in total. The van der Waals surface area contributed by atoms with Gasteiger partial charge in [-0.3, -0.25) is 0 Å². The van der Waals surface area contributed by atoms with Crippen molar-refractivity contribution in [3.63, 3.8) is 0 Å². The molecule has 1 unspecified atom stereocenters. The highest BCUT2D eigenvalue weighted by Crippen LogP contribution is 2.19. The molecule has 0 aliphatic heterocycles. The van der Waals surface area contributed by atoms with E-state index in [4.69, 9.17) is 14.2 Å². The smallest absolute Gasteiger partial charge is 0.422 e. The first kappa shape index (κ1) is 22.1. The number of hydrogen-bond acceptors (Lipinski definition) is 6. The van der Waals surface area contributed by atoms with Gasteiger partial charge in [-0.15, -0.1) is 0 Å². The normalized spacial score (nSPS) is 13.8. The van der Waals surface area contributed by atoms with E-state index in [1.165, 1.54) is 20.8 Å². The predicted octanol–water partition coefficient (Wildman–Crippen LogP) is 3.80. The van der Waals surface area contributed by atoms with Crippen LogP contribution in [0.1, 0.15) is 62.3 Å². The summed E-state index contributed by atoms with van der Waals surface area (Å²) >= 11 is 0. The lowest BCUT2D eigenvalue weighted by molar-refractivity contribution is -0.167. The van der Waals surface area contributed by atoms with Crippen LogP contribution >= 0.6 is 0 Å². The monoisotopic (exact) mass is 349 g/mol. The van der Waals surface area contributed by atoms with E-state index in [9.17, 15) is 18.8 Å². The zero-order valence-electron chi connectivity index (χ0n) is 15.9. The fourth-order valence-electron chi connectivity index (χ4n) is 1.34. The number of nitrogens with zero attached hydrogens (tertiary/aromatic N) is 1. The summed E-state index contributed by atoms with van der Waals surface area (Å²) in [5, 5.41) is 0. The molecule has 0 saturated heterocycles.